The largest absolute Gasteiger partial charge is 0.317 e. The van der Waals surface area contributed by atoms with Crippen LogP contribution in [0.25, 0.3) is 0 Å². The zero-order valence-electron chi connectivity index (χ0n) is 10.3. The third-order valence-electron chi connectivity index (χ3n) is 3.52. The quantitative estimate of drug-likeness (QED) is 0.901. The van der Waals surface area contributed by atoms with Crippen molar-refractivity contribution in [1.29, 1.82) is 0 Å². The highest BCUT2D eigenvalue weighted by Gasteiger charge is 2.30. The Hall–Kier alpha value is -0.350. The average Bonchev–Trinajstić information content (AvgIpc) is 3.03. The highest BCUT2D eigenvalue weighted by Crippen LogP contribution is 2.34. The second-order valence-corrected chi connectivity index (χ2v) is 5.53. The standard InChI is InChI=1S/C12H20BrN3/c1-8-12(13)11(16(3)15-8)7-6-10(14-2)9-4-5-9/h9-10,14H,4-7H2,1-3H3. The number of aryl methyl sites for hydroxylation is 2. The lowest BCUT2D eigenvalue weighted by atomic mass is 10.1. The van der Waals surface area contributed by atoms with Crippen LogP contribution in [-0.2, 0) is 13.5 Å². The lowest BCUT2D eigenvalue weighted by Gasteiger charge is -2.15. The molecule has 0 radical (unpaired) electrons. The molecule has 2 rings (SSSR count). The summed E-state index contributed by atoms with van der Waals surface area (Å²) < 4.78 is 3.18. The molecule has 1 aromatic heterocycles. The van der Waals surface area contributed by atoms with Gasteiger partial charge >= 0.3 is 0 Å². The van der Waals surface area contributed by atoms with E-state index in [1.807, 2.05) is 18.7 Å². The van der Waals surface area contributed by atoms with E-state index in [9.17, 15) is 0 Å². The molecule has 0 saturated heterocycles. The molecule has 0 amide bonds. The zero-order chi connectivity index (χ0) is 11.7. The van der Waals surface area contributed by atoms with Gasteiger partial charge in [-0.3, -0.25) is 4.68 Å². The molecule has 1 N–H and O–H groups in total. The van der Waals surface area contributed by atoms with Gasteiger partial charge in [-0.1, -0.05) is 0 Å². The van der Waals surface area contributed by atoms with E-state index in [4.69, 9.17) is 0 Å². The molecule has 16 heavy (non-hydrogen) atoms. The maximum absolute atomic E-state index is 4.42. The van der Waals surface area contributed by atoms with Crippen LogP contribution in [0.5, 0.6) is 0 Å². The van der Waals surface area contributed by atoms with Crippen LogP contribution in [0.3, 0.4) is 0 Å². The van der Waals surface area contributed by atoms with Gasteiger partial charge in [-0.05, 0) is 61.5 Å². The topological polar surface area (TPSA) is 29.9 Å². The first-order chi connectivity index (χ1) is 7.63. The Labute approximate surface area is 106 Å². The molecule has 0 aliphatic heterocycles. The summed E-state index contributed by atoms with van der Waals surface area (Å²) in [4.78, 5) is 0. The minimum Gasteiger partial charge on any atom is -0.317 e. The highest BCUT2D eigenvalue weighted by atomic mass is 79.9. The first kappa shape index (κ1) is 12.1. The Morgan fingerprint density at radius 3 is 2.69 bits per heavy atom. The fourth-order valence-corrected chi connectivity index (χ4v) is 2.89. The summed E-state index contributed by atoms with van der Waals surface area (Å²) in [6.07, 6.45) is 5.10. The predicted molar refractivity (Wildman–Crippen MR) is 69.5 cm³/mol. The van der Waals surface area contributed by atoms with E-state index in [2.05, 4.69) is 33.4 Å². The van der Waals surface area contributed by atoms with E-state index in [-0.39, 0.29) is 0 Å². The summed E-state index contributed by atoms with van der Waals surface area (Å²) in [5, 5.41) is 7.86. The fourth-order valence-electron chi connectivity index (χ4n) is 2.36. The van der Waals surface area contributed by atoms with Crippen LogP contribution in [-0.4, -0.2) is 22.9 Å². The number of halogens is 1. The monoisotopic (exact) mass is 285 g/mol. The maximum Gasteiger partial charge on any atom is 0.0738 e. The molecule has 1 atom stereocenters. The van der Waals surface area contributed by atoms with E-state index in [0.29, 0.717) is 6.04 Å². The molecule has 0 spiro atoms. The number of rotatable bonds is 5. The van der Waals surface area contributed by atoms with E-state index in [1.54, 1.807) is 0 Å². The van der Waals surface area contributed by atoms with Crippen LogP contribution >= 0.6 is 15.9 Å². The van der Waals surface area contributed by atoms with Gasteiger partial charge in [0.15, 0.2) is 0 Å². The molecule has 0 aromatic carbocycles. The van der Waals surface area contributed by atoms with Crippen molar-refractivity contribution in [1.82, 2.24) is 15.1 Å². The van der Waals surface area contributed by atoms with Crippen molar-refractivity contribution in [2.75, 3.05) is 7.05 Å². The van der Waals surface area contributed by atoms with E-state index < -0.39 is 0 Å². The van der Waals surface area contributed by atoms with Gasteiger partial charge in [-0.15, -0.1) is 0 Å². The van der Waals surface area contributed by atoms with Gasteiger partial charge < -0.3 is 5.32 Å². The Bertz CT molecular complexity index is 369. The van der Waals surface area contributed by atoms with Crippen molar-refractivity contribution in [3.8, 4) is 0 Å². The Balaban J connectivity index is 1.97. The maximum atomic E-state index is 4.42. The highest BCUT2D eigenvalue weighted by molar-refractivity contribution is 9.10. The van der Waals surface area contributed by atoms with E-state index >= 15 is 0 Å². The van der Waals surface area contributed by atoms with Crippen molar-refractivity contribution >= 4 is 15.9 Å². The van der Waals surface area contributed by atoms with Gasteiger partial charge in [-0.2, -0.15) is 5.10 Å². The SMILES string of the molecule is CNC(CCc1c(Br)c(C)nn1C)C1CC1. The number of nitrogens with one attached hydrogen (secondary N) is 1. The number of hydrogen-bond donors (Lipinski definition) is 1. The van der Waals surface area contributed by atoms with Crippen molar-refractivity contribution in [2.45, 2.75) is 38.6 Å². The van der Waals surface area contributed by atoms with Crippen LogP contribution in [0.2, 0.25) is 0 Å². The first-order valence-corrected chi connectivity index (χ1v) is 6.78. The summed E-state index contributed by atoms with van der Waals surface area (Å²) in [7, 11) is 4.10. The molecule has 90 valence electrons. The average molecular weight is 286 g/mol. The van der Waals surface area contributed by atoms with Gasteiger partial charge in [0.25, 0.3) is 0 Å². The summed E-state index contributed by atoms with van der Waals surface area (Å²) in [6, 6.07) is 0.683. The molecule has 1 heterocycles. The Kier molecular flexibility index (Phi) is 3.70. The van der Waals surface area contributed by atoms with Crippen LogP contribution in [0.4, 0.5) is 0 Å². The van der Waals surface area contributed by atoms with E-state index in [1.165, 1.54) is 29.4 Å². The summed E-state index contributed by atoms with van der Waals surface area (Å²) >= 11 is 3.62. The number of aromatic nitrogens is 2. The zero-order valence-corrected chi connectivity index (χ0v) is 11.8. The molecule has 3 nitrogen and oxygen atoms in total. The van der Waals surface area contributed by atoms with Gasteiger partial charge in [0.05, 0.1) is 15.9 Å². The molecule has 4 heteroatoms. The molecule has 0 bridgehead atoms. The minimum atomic E-state index is 0.683. The van der Waals surface area contributed by atoms with E-state index in [0.717, 1.165) is 18.0 Å². The third-order valence-corrected chi connectivity index (χ3v) is 4.55. The van der Waals surface area contributed by atoms with Gasteiger partial charge in [-0.25, -0.2) is 0 Å². The molecular weight excluding hydrogens is 266 g/mol. The lowest BCUT2D eigenvalue weighted by molar-refractivity contribution is 0.463. The summed E-state index contributed by atoms with van der Waals surface area (Å²) in [5.41, 5.74) is 2.41. The van der Waals surface area contributed by atoms with Gasteiger partial charge in [0, 0.05) is 13.1 Å². The molecule has 1 fully saturated rings. The molecule has 1 unspecified atom stereocenters. The molecule has 1 aliphatic rings. The molecule has 1 aliphatic carbocycles. The van der Waals surface area contributed by atoms with Gasteiger partial charge in [0.1, 0.15) is 0 Å². The molecular formula is C12H20BrN3. The predicted octanol–water partition coefficient (Wildman–Crippen LogP) is 2.42. The van der Waals surface area contributed by atoms with Gasteiger partial charge in [0.2, 0.25) is 0 Å². The Morgan fingerprint density at radius 2 is 2.25 bits per heavy atom. The van der Waals surface area contributed by atoms with Crippen molar-refractivity contribution in [3.63, 3.8) is 0 Å². The number of hydrogen-bond acceptors (Lipinski definition) is 2. The van der Waals surface area contributed by atoms with Crippen molar-refractivity contribution in [2.24, 2.45) is 13.0 Å². The van der Waals surface area contributed by atoms with Crippen molar-refractivity contribution < 1.29 is 0 Å². The van der Waals surface area contributed by atoms with Crippen LogP contribution in [0.1, 0.15) is 30.7 Å². The van der Waals surface area contributed by atoms with Crippen molar-refractivity contribution in [3.05, 3.63) is 15.9 Å². The molecule has 1 saturated carbocycles. The third kappa shape index (κ3) is 2.48. The lowest BCUT2D eigenvalue weighted by Crippen LogP contribution is -2.28. The second kappa shape index (κ2) is 4.88. The van der Waals surface area contributed by atoms with Crippen LogP contribution in [0, 0.1) is 12.8 Å². The summed E-state index contributed by atoms with van der Waals surface area (Å²) in [5.74, 6) is 0.915. The smallest absolute Gasteiger partial charge is 0.0738 e. The van der Waals surface area contributed by atoms with Crippen LogP contribution < -0.4 is 5.32 Å². The normalized spacial score (nSPS) is 17.8. The Morgan fingerprint density at radius 1 is 1.56 bits per heavy atom. The second-order valence-electron chi connectivity index (χ2n) is 4.74. The molecule has 1 aromatic rings. The summed E-state index contributed by atoms with van der Waals surface area (Å²) in [6.45, 7) is 2.05. The fraction of sp³-hybridized carbons (Fsp3) is 0.750. The minimum absolute atomic E-state index is 0.683. The van der Waals surface area contributed by atoms with Crippen LogP contribution in [0.15, 0.2) is 4.47 Å². The first-order valence-electron chi connectivity index (χ1n) is 5.98. The number of nitrogens with zero attached hydrogens (tertiary/aromatic N) is 2.